The van der Waals surface area contributed by atoms with Gasteiger partial charge < -0.3 is 0 Å². The molecule has 1 nitrogen and oxygen atoms in total. The summed E-state index contributed by atoms with van der Waals surface area (Å²) in [6.45, 7) is 1.46. The van der Waals surface area contributed by atoms with Crippen LogP contribution in [-0.4, -0.2) is 12.0 Å². The van der Waals surface area contributed by atoms with Gasteiger partial charge in [0.15, 0.2) is 0 Å². The van der Waals surface area contributed by atoms with E-state index in [-0.39, 0.29) is 18.0 Å². The SMILES string of the molecule is CSc1ccc(CC(C)=O)c(F)c1. The Morgan fingerprint density at radius 2 is 2.23 bits per heavy atom. The molecule has 1 aromatic rings. The van der Waals surface area contributed by atoms with E-state index >= 15 is 0 Å². The number of benzene rings is 1. The first-order valence-electron chi connectivity index (χ1n) is 3.95. The lowest BCUT2D eigenvalue weighted by molar-refractivity contribution is -0.116. The fourth-order valence-corrected chi connectivity index (χ4v) is 1.49. The second kappa shape index (κ2) is 4.42. The molecule has 1 aromatic carbocycles. The smallest absolute Gasteiger partial charge is 0.134 e. The van der Waals surface area contributed by atoms with E-state index in [2.05, 4.69) is 0 Å². The van der Waals surface area contributed by atoms with Gasteiger partial charge in [0.25, 0.3) is 0 Å². The van der Waals surface area contributed by atoms with Crippen molar-refractivity contribution in [1.29, 1.82) is 0 Å². The maximum Gasteiger partial charge on any atom is 0.134 e. The second-order valence-corrected chi connectivity index (χ2v) is 3.72. The molecule has 0 heterocycles. The van der Waals surface area contributed by atoms with Crippen LogP contribution in [0.2, 0.25) is 0 Å². The Labute approximate surface area is 81.3 Å². The van der Waals surface area contributed by atoms with Crippen LogP contribution in [0.1, 0.15) is 12.5 Å². The molecule has 0 N–H and O–H groups in total. The molecule has 0 aromatic heterocycles. The zero-order valence-electron chi connectivity index (χ0n) is 7.63. The first-order chi connectivity index (χ1) is 6.13. The van der Waals surface area contributed by atoms with Crippen LogP contribution in [0, 0.1) is 5.82 Å². The van der Waals surface area contributed by atoms with Crippen molar-refractivity contribution < 1.29 is 9.18 Å². The van der Waals surface area contributed by atoms with Gasteiger partial charge in [0.1, 0.15) is 11.6 Å². The lowest BCUT2D eigenvalue weighted by Gasteiger charge is -2.02. The number of carbonyl (C=O) groups is 1. The normalized spacial score (nSPS) is 10.1. The highest BCUT2D eigenvalue weighted by atomic mass is 32.2. The predicted molar refractivity (Wildman–Crippen MR) is 52.6 cm³/mol. The summed E-state index contributed by atoms with van der Waals surface area (Å²) in [4.78, 5) is 11.6. The zero-order valence-corrected chi connectivity index (χ0v) is 8.45. The molecule has 0 aliphatic carbocycles. The molecule has 0 saturated carbocycles. The summed E-state index contributed by atoms with van der Waals surface area (Å²) in [5.74, 6) is -0.308. The lowest BCUT2D eigenvalue weighted by Crippen LogP contribution is -1.99. The van der Waals surface area contributed by atoms with Crippen molar-refractivity contribution in [2.45, 2.75) is 18.2 Å². The number of hydrogen-bond acceptors (Lipinski definition) is 2. The van der Waals surface area contributed by atoms with E-state index in [1.807, 2.05) is 12.3 Å². The maximum absolute atomic E-state index is 13.2. The molecule has 0 unspecified atom stereocenters. The number of carbonyl (C=O) groups excluding carboxylic acids is 1. The first kappa shape index (κ1) is 10.3. The van der Waals surface area contributed by atoms with Gasteiger partial charge in [-0.2, -0.15) is 0 Å². The van der Waals surface area contributed by atoms with Gasteiger partial charge in [-0.25, -0.2) is 4.39 Å². The molecule has 1 rings (SSSR count). The Morgan fingerprint density at radius 1 is 1.54 bits per heavy atom. The summed E-state index contributed by atoms with van der Waals surface area (Å²) < 4.78 is 13.2. The minimum absolute atomic E-state index is 0.0178. The van der Waals surface area contributed by atoms with Crippen LogP contribution in [0.4, 0.5) is 4.39 Å². The van der Waals surface area contributed by atoms with Crippen molar-refractivity contribution in [3.8, 4) is 0 Å². The van der Waals surface area contributed by atoms with Gasteiger partial charge in [-0.05, 0) is 30.9 Å². The van der Waals surface area contributed by atoms with Crippen molar-refractivity contribution in [1.82, 2.24) is 0 Å². The molecule has 0 aliphatic heterocycles. The number of rotatable bonds is 3. The molecule has 0 radical (unpaired) electrons. The summed E-state index contributed by atoms with van der Waals surface area (Å²) in [5, 5.41) is 0. The van der Waals surface area contributed by atoms with Gasteiger partial charge in [0.2, 0.25) is 0 Å². The molecule has 0 aliphatic rings. The van der Waals surface area contributed by atoms with E-state index in [9.17, 15) is 9.18 Å². The maximum atomic E-state index is 13.2. The van der Waals surface area contributed by atoms with Crippen LogP contribution in [0.25, 0.3) is 0 Å². The molecular weight excluding hydrogens is 187 g/mol. The Hall–Kier alpha value is -0.830. The van der Waals surface area contributed by atoms with Crippen LogP contribution >= 0.6 is 11.8 Å². The number of ketones is 1. The third-order valence-corrected chi connectivity index (χ3v) is 2.42. The number of thioether (sulfide) groups is 1. The van der Waals surface area contributed by atoms with Gasteiger partial charge >= 0.3 is 0 Å². The number of halogens is 1. The Kier molecular flexibility index (Phi) is 3.48. The van der Waals surface area contributed by atoms with Crippen LogP contribution in [0.15, 0.2) is 23.1 Å². The van der Waals surface area contributed by atoms with Crippen molar-refractivity contribution >= 4 is 17.5 Å². The van der Waals surface area contributed by atoms with Gasteiger partial charge in [0, 0.05) is 11.3 Å². The molecule has 0 saturated heterocycles. The molecule has 13 heavy (non-hydrogen) atoms. The van der Waals surface area contributed by atoms with E-state index in [0.717, 1.165) is 4.90 Å². The average molecular weight is 198 g/mol. The molecule has 0 fully saturated rings. The van der Waals surface area contributed by atoms with E-state index in [1.165, 1.54) is 24.8 Å². The predicted octanol–water partition coefficient (Wildman–Crippen LogP) is 2.68. The minimum Gasteiger partial charge on any atom is -0.300 e. The molecule has 0 spiro atoms. The fourth-order valence-electron chi connectivity index (χ4n) is 1.07. The largest absolute Gasteiger partial charge is 0.300 e. The third-order valence-electron chi connectivity index (χ3n) is 1.70. The third kappa shape index (κ3) is 2.84. The molecule has 0 atom stereocenters. The molecule has 3 heteroatoms. The van der Waals surface area contributed by atoms with E-state index < -0.39 is 0 Å². The highest BCUT2D eigenvalue weighted by Crippen LogP contribution is 2.18. The quantitative estimate of drug-likeness (QED) is 0.694. The summed E-state index contributed by atoms with van der Waals surface area (Å²) in [5.41, 5.74) is 0.477. The van der Waals surface area contributed by atoms with Crippen molar-refractivity contribution in [3.05, 3.63) is 29.6 Å². The lowest BCUT2D eigenvalue weighted by atomic mass is 10.1. The average Bonchev–Trinajstić information content (AvgIpc) is 2.08. The van der Waals surface area contributed by atoms with Crippen molar-refractivity contribution in [2.24, 2.45) is 0 Å². The minimum atomic E-state index is -0.290. The van der Waals surface area contributed by atoms with Crippen molar-refractivity contribution in [3.63, 3.8) is 0 Å². The van der Waals surface area contributed by atoms with Crippen LogP contribution in [0.3, 0.4) is 0 Å². The summed E-state index contributed by atoms with van der Waals surface area (Å²) in [6.07, 6.45) is 2.07. The Balaban J connectivity index is 2.91. The number of Topliss-reactive ketones (excluding diaryl/α,β-unsaturated/α-hetero) is 1. The molecular formula is C10H11FOS. The molecule has 0 amide bonds. The summed E-state index contributed by atoms with van der Waals surface area (Å²) in [6, 6.07) is 4.96. The van der Waals surface area contributed by atoms with Crippen molar-refractivity contribution in [2.75, 3.05) is 6.26 Å². The standard InChI is InChI=1S/C10H11FOS/c1-7(12)5-8-3-4-9(13-2)6-10(8)11/h3-4,6H,5H2,1-2H3. The van der Waals surface area contributed by atoms with E-state index in [0.29, 0.717) is 5.56 Å². The second-order valence-electron chi connectivity index (χ2n) is 2.84. The van der Waals surface area contributed by atoms with Gasteiger partial charge in [0.05, 0.1) is 0 Å². The summed E-state index contributed by atoms with van der Waals surface area (Å²) >= 11 is 1.49. The highest BCUT2D eigenvalue weighted by Gasteiger charge is 2.05. The zero-order chi connectivity index (χ0) is 9.84. The molecule has 0 bridgehead atoms. The van der Waals surface area contributed by atoms with Crippen LogP contribution in [-0.2, 0) is 11.2 Å². The monoisotopic (exact) mass is 198 g/mol. The topological polar surface area (TPSA) is 17.1 Å². The first-order valence-corrected chi connectivity index (χ1v) is 5.18. The number of hydrogen-bond donors (Lipinski definition) is 0. The highest BCUT2D eigenvalue weighted by molar-refractivity contribution is 7.98. The Morgan fingerprint density at radius 3 is 2.69 bits per heavy atom. The van der Waals surface area contributed by atoms with Gasteiger partial charge in [-0.3, -0.25) is 4.79 Å². The molecule has 70 valence electrons. The van der Waals surface area contributed by atoms with Crippen LogP contribution < -0.4 is 0 Å². The van der Waals surface area contributed by atoms with Gasteiger partial charge in [-0.1, -0.05) is 6.07 Å². The Bertz CT molecular complexity index is 323. The van der Waals surface area contributed by atoms with E-state index in [4.69, 9.17) is 0 Å². The fraction of sp³-hybridized carbons (Fsp3) is 0.300. The van der Waals surface area contributed by atoms with E-state index in [1.54, 1.807) is 6.07 Å². The summed E-state index contributed by atoms with van der Waals surface area (Å²) in [7, 11) is 0. The van der Waals surface area contributed by atoms with Crippen LogP contribution in [0.5, 0.6) is 0 Å². The van der Waals surface area contributed by atoms with Gasteiger partial charge in [-0.15, -0.1) is 11.8 Å².